The molecule has 6 nitrogen and oxygen atoms in total. The Morgan fingerprint density at radius 2 is 1.96 bits per heavy atom. The lowest BCUT2D eigenvalue weighted by atomic mass is 10.1. The Labute approximate surface area is 162 Å². The van der Waals surface area contributed by atoms with Crippen LogP contribution in [0.4, 0.5) is 0 Å². The minimum absolute atomic E-state index is 0.0475. The van der Waals surface area contributed by atoms with Gasteiger partial charge in [0, 0.05) is 32.2 Å². The number of rotatable bonds is 6. The lowest BCUT2D eigenvalue weighted by molar-refractivity contribution is -0.135. The van der Waals surface area contributed by atoms with Crippen LogP contribution in [0.15, 0.2) is 18.2 Å². The number of carbonyl (C=O) groups excluding carboxylic acids is 1. The van der Waals surface area contributed by atoms with Crippen molar-refractivity contribution in [1.29, 1.82) is 0 Å². The summed E-state index contributed by atoms with van der Waals surface area (Å²) in [5, 5.41) is 0. The molecule has 0 bridgehead atoms. The van der Waals surface area contributed by atoms with Crippen molar-refractivity contribution >= 4 is 5.91 Å². The summed E-state index contributed by atoms with van der Waals surface area (Å²) in [6.07, 6.45) is 2.60. The molecule has 1 aromatic carbocycles. The van der Waals surface area contributed by atoms with Crippen LogP contribution >= 0.6 is 0 Å². The van der Waals surface area contributed by atoms with Crippen LogP contribution in [-0.2, 0) is 9.53 Å². The Bertz CT molecular complexity index is 641. The topological polar surface area (TPSA) is 51.2 Å². The normalized spacial score (nSPS) is 26.2. The third-order valence-electron chi connectivity index (χ3n) is 5.33. The van der Waals surface area contributed by atoms with E-state index in [-0.39, 0.29) is 30.8 Å². The van der Waals surface area contributed by atoms with E-state index in [0.29, 0.717) is 11.5 Å². The molecule has 3 unspecified atom stereocenters. The highest BCUT2D eigenvalue weighted by Gasteiger charge is 2.32. The average Bonchev–Trinajstić information content (AvgIpc) is 3.07. The first-order valence-corrected chi connectivity index (χ1v) is 9.91. The van der Waals surface area contributed by atoms with Crippen LogP contribution < -0.4 is 9.47 Å². The van der Waals surface area contributed by atoms with Crippen LogP contribution in [-0.4, -0.2) is 73.9 Å². The lowest BCUT2D eigenvalue weighted by Crippen LogP contribution is -2.51. The van der Waals surface area contributed by atoms with Crippen LogP contribution in [0.25, 0.3) is 0 Å². The first-order chi connectivity index (χ1) is 13.0. The fourth-order valence-corrected chi connectivity index (χ4v) is 4.20. The van der Waals surface area contributed by atoms with Gasteiger partial charge in [-0.3, -0.25) is 9.69 Å². The molecular weight excluding hydrogens is 344 g/mol. The molecule has 2 aliphatic rings. The van der Waals surface area contributed by atoms with E-state index in [1.54, 1.807) is 7.11 Å². The van der Waals surface area contributed by atoms with Gasteiger partial charge in [0.2, 0.25) is 0 Å². The molecule has 27 heavy (non-hydrogen) atoms. The Kier molecular flexibility index (Phi) is 6.60. The van der Waals surface area contributed by atoms with Gasteiger partial charge >= 0.3 is 0 Å². The van der Waals surface area contributed by atoms with Gasteiger partial charge in [-0.25, -0.2) is 0 Å². The number of amides is 1. The smallest absolute Gasteiger partial charge is 0.260 e. The minimum Gasteiger partial charge on any atom is -0.493 e. The van der Waals surface area contributed by atoms with E-state index >= 15 is 0 Å². The van der Waals surface area contributed by atoms with E-state index in [1.165, 1.54) is 0 Å². The van der Waals surface area contributed by atoms with Gasteiger partial charge in [-0.15, -0.1) is 0 Å². The summed E-state index contributed by atoms with van der Waals surface area (Å²) in [6, 6.07) is 6.00. The molecule has 0 spiro atoms. The lowest BCUT2D eigenvalue weighted by Gasteiger charge is -2.38. The zero-order valence-corrected chi connectivity index (χ0v) is 16.9. The van der Waals surface area contributed by atoms with Crippen molar-refractivity contribution in [2.75, 3.05) is 39.9 Å². The molecule has 0 aliphatic carbocycles. The predicted octanol–water partition coefficient (Wildman–Crippen LogP) is 2.48. The van der Waals surface area contributed by atoms with Crippen molar-refractivity contribution in [2.24, 2.45) is 0 Å². The molecule has 0 saturated carbocycles. The SMILES string of the molecule is COc1cc(C)ccc1OCC(=O)N1CCCC1CN1CC(C)OC(C)C1. The molecule has 2 heterocycles. The molecule has 2 fully saturated rings. The largest absolute Gasteiger partial charge is 0.493 e. The second-order valence-electron chi connectivity index (χ2n) is 7.80. The van der Waals surface area contributed by atoms with Crippen molar-refractivity contribution < 1.29 is 19.0 Å². The second kappa shape index (κ2) is 8.93. The van der Waals surface area contributed by atoms with E-state index in [1.807, 2.05) is 30.0 Å². The quantitative estimate of drug-likeness (QED) is 0.763. The van der Waals surface area contributed by atoms with Gasteiger partial charge in [0.15, 0.2) is 18.1 Å². The van der Waals surface area contributed by atoms with Gasteiger partial charge in [-0.1, -0.05) is 6.07 Å². The van der Waals surface area contributed by atoms with Crippen molar-refractivity contribution in [1.82, 2.24) is 9.80 Å². The molecule has 1 amide bonds. The van der Waals surface area contributed by atoms with Gasteiger partial charge in [0.25, 0.3) is 5.91 Å². The number of aryl methyl sites for hydroxylation is 1. The molecule has 3 rings (SSSR count). The summed E-state index contributed by atoms with van der Waals surface area (Å²) in [6.45, 7) is 9.86. The van der Waals surface area contributed by atoms with Crippen molar-refractivity contribution in [3.05, 3.63) is 23.8 Å². The molecule has 2 aliphatic heterocycles. The van der Waals surface area contributed by atoms with E-state index in [4.69, 9.17) is 14.2 Å². The van der Waals surface area contributed by atoms with Gasteiger partial charge in [-0.05, 0) is 51.3 Å². The standard InChI is InChI=1S/C21H32N2O4/c1-15-7-8-19(20(10-15)25-4)26-14-21(24)23-9-5-6-18(23)13-22-11-16(2)27-17(3)12-22/h7-8,10,16-18H,5-6,9,11-14H2,1-4H3. The molecule has 0 radical (unpaired) electrons. The molecule has 0 N–H and O–H groups in total. The Balaban J connectivity index is 1.56. The summed E-state index contributed by atoms with van der Waals surface area (Å²) in [5.41, 5.74) is 1.10. The Morgan fingerprint density at radius 1 is 1.22 bits per heavy atom. The number of benzene rings is 1. The summed E-state index contributed by atoms with van der Waals surface area (Å²) in [5.74, 6) is 1.33. The highest BCUT2D eigenvalue weighted by molar-refractivity contribution is 5.78. The maximum Gasteiger partial charge on any atom is 0.260 e. The molecule has 150 valence electrons. The monoisotopic (exact) mass is 376 g/mol. The van der Waals surface area contributed by atoms with Gasteiger partial charge in [0.05, 0.1) is 19.3 Å². The number of ether oxygens (including phenoxy) is 3. The third-order valence-corrected chi connectivity index (χ3v) is 5.33. The molecule has 6 heteroatoms. The van der Waals surface area contributed by atoms with Crippen LogP contribution in [0.5, 0.6) is 11.5 Å². The number of carbonyl (C=O) groups is 1. The van der Waals surface area contributed by atoms with Crippen molar-refractivity contribution in [2.45, 2.75) is 51.9 Å². The van der Waals surface area contributed by atoms with Gasteiger partial charge < -0.3 is 19.1 Å². The molecule has 2 saturated heterocycles. The van der Waals surface area contributed by atoms with Crippen LogP contribution in [0.1, 0.15) is 32.3 Å². The average molecular weight is 376 g/mol. The highest BCUT2D eigenvalue weighted by Crippen LogP contribution is 2.28. The maximum atomic E-state index is 12.8. The zero-order chi connectivity index (χ0) is 19.4. The summed E-state index contributed by atoms with van der Waals surface area (Å²) >= 11 is 0. The van der Waals surface area contributed by atoms with Crippen molar-refractivity contribution in [3.63, 3.8) is 0 Å². The fraction of sp³-hybridized carbons (Fsp3) is 0.667. The van der Waals surface area contributed by atoms with E-state index in [9.17, 15) is 4.79 Å². The summed E-state index contributed by atoms with van der Waals surface area (Å²) in [7, 11) is 1.62. The van der Waals surface area contributed by atoms with Crippen molar-refractivity contribution in [3.8, 4) is 11.5 Å². The van der Waals surface area contributed by atoms with Crippen LogP contribution in [0.2, 0.25) is 0 Å². The number of hydrogen-bond acceptors (Lipinski definition) is 5. The van der Waals surface area contributed by atoms with E-state index < -0.39 is 0 Å². The van der Waals surface area contributed by atoms with E-state index in [2.05, 4.69) is 18.7 Å². The van der Waals surface area contributed by atoms with Crippen LogP contribution in [0, 0.1) is 6.92 Å². The molecule has 1 aromatic rings. The summed E-state index contributed by atoms with van der Waals surface area (Å²) in [4.78, 5) is 17.2. The Hall–Kier alpha value is -1.79. The number of morpholine rings is 1. The highest BCUT2D eigenvalue weighted by atomic mass is 16.5. The van der Waals surface area contributed by atoms with Gasteiger partial charge in [0.1, 0.15) is 0 Å². The first-order valence-electron chi connectivity index (χ1n) is 9.91. The van der Waals surface area contributed by atoms with Crippen LogP contribution in [0.3, 0.4) is 0 Å². The third kappa shape index (κ3) is 5.14. The predicted molar refractivity (Wildman–Crippen MR) is 104 cm³/mol. The molecular formula is C21H32N2O4. The number of hydrogen-bond donors (Lipinski definition) is 0. The molecule has 3 atom stereocenters. The second-order valence-corrected chi connectivity index (χ2v) is 7.80. The van der Waals surface area contributed by atoms with Gasteiger partial charge in [-0.2, -0.15) is 0 Å². The summed E-state index contributed by atoms with van der Waals surface area (Å²) < 4.78 is 17.0. The molecule has 0 aromatic heterocycles. The first kappa shape index (κ1) is 20.0. The Morgan fingerprint density at radius 3 is 2.67 bits per heavy atom. The zero-order valence-electron chi connectivity index (χ0n) is 16.9. The van der Waals surface area contributed by atoms with E-state index in [0.717, 1.165) is 44.6 Å². The fourth-order valence-electron chi connectivity index (χ4n) is 4.20. The number of methoxy groups -OCH3 is 1. The number of nitrogens with zero attached hydrogens (tertiary/aromatic N) is 2. The minimum atomic E-state index is 0.0475. The maximum absolute atomic E-state index is 12.8. The number of likely N-dealkylation sites (tertiary alicyclic amines) is 1.